The lowest BCUT2D eigenvalue weighted by atomic mass is 9.83. The van der Waals surface area contributed by atoms with Crippen LogP contribution in [0.3, 0.4) is 0 Å². The fourth-order valence-electron chi connectivity index (χ4n) is 2.04. The number of thioether (sulfide) groups is 1. The molecule has 0 aliphatic rings. The SMILES string of the molecule is Cc1cc(C(C)(C)C)c(C)cc1SC(C)(C)C. The molecule has 1 heteroatoms. The van der Waals surface area contributed by atoms with E-state index in [0.29, 0.717) is 0 Å². The average molecular weight is 250 g/mol. The second-order valence-electron chi connectivity index (χ2n) is 6.90. The van der Waals surface area contributed by atoms with Crippen LogP contribution >= 0.6 is 11.8 Å². The third kappa shape index (κ3) is 4.06. The highest BCUT2D eigenvalue weighted by Crippen LogP contribution is 2.37. The molecule has 0 fully saturated rings. The van der Waals surface area contributed by atoms with Crippen LogP contribution in [-0.2, 0) is 5.41 Å². The Kier molecular flexibility index (Phi) is 4.03. The molecule has 96 valence electrons. The lowest BCUT2D eigenvalue weighted by Crippen LogP contribution is -2.14. The Morgan fingerprint density at radius 1 is 0.824 bits per heavy atom. The van der Waals surface area contributed by atoms with E-state index in [1.807, 2.05) is 11.8 Å². The van der Waals surface area contributed by atoms with Crippen LogP contribution in [-0.4, -0.2) is 4.75 Å². The van der Waals surface area contributed by atoms with E-state index in [2.05, 4.69) is 67.5 Å². The summed E-state index contributed by atoms with van der Waals surface area (Å²) in [4.78, 5) is 1.42. The number of hydrogen-bond donors (Lipinski definition) is 0. The van der Waals surface area contributed by atoms with Gasteiger partial charge in [0.15, 0.2) is 0 Å². The van der Waals surface area contributed by atoms with Crippen molar-refractivity contribution in [2.45, 2.75) is 70.4 Å². The monoisotopic (exact) mass is 250 g/mol. The first-order chi connectivity index (χ1) is 7.50. The van der Waals surface area contributed by atoms with E-state index in [0.717, 1.165) is 0 Å². The summed E-state index contributed by atoms with van der Waals surface area (Å²) >= 11 is 1.96. The van der Waals surface area contributed by atoms with Gasteiger partial charge in [0.25, 0.3) is 0 Å². The van der Waals surface area contributed by atoms with Gasteiger partial charge in [0.05, 0.1) is 0 Å². The van der Waals surface area contributed by atoms with Gasteiger partial charge in [0.1, 0.15) is 0 Å². The molecule has 0 unspecified atom stereocenters. The lowest BCUT2D eigenvalue weighted by Gasteiger charge is -2.25. The molecule has 1 rings (SSSR count). The highest BCUT2D eigenvalue weighted by molar-refractivity contribution is 8.00. The first kappa shape index (κ1) is 14.6. The molecule has 1 aromatic rings. The molecule has 0 amide bonds. The van der Waals surface area contributed by atoms with Gasteiger partial charge in [-0.25, -0.2) is 0 Å². The van der Waals surface area contributed by atoms with Gasteiger partial charge in [0.2, 0.25) is 0 Å². The van der Waals surface area contributed by atoms with Gasteiger partial charge in [-0.15, -0.1) is 11.8 Å². The van der Waals surface area contributed by atoms with E-state index in [1.54, 1.807) is 0 Å². The molecule has 0 heterocycles. The summed E-state index contributed by atoms with van der Waals surface area (Å²) in [5.41, 5.74) is 4.52. The van der Waals surface area contributed by atoms with Crippen LogP contribution in [0.4, 0.5) is 0 Å². The molecule has 0 aromatic heterocycles. The van der Waals surface area contributed by atoms with Crippen molar-refractivity contribution >= 4 is 11.8 Å². The molecule has 0 saturated carbocycles. The Morgan fingerprint density at radius 2 is 1.35 bits per heavy atom. The summed E-state index contributed by atoms with van der Waals surface area (Å²) in [5, 5.41) is 0. The summed E-state index contributed by atoms with van der Waals surface area (Å²) in [6.07, 6.45) is 0. The molecule has 17 heavy (non-hydrogen) atoms. The minimum atomic E-state index is 0.236. The Hall–Kier alpha value is -0.430. The minimum absolute atomic E-state index is 0.236. The fourth-order valence-corrected chi connectivity index (χ4v) is 3.15. The van der Waals surface area contributed by atoms with Crippen molar-refractivity contribution in [3.05, 3.63) is 28.8 Å². The lowest BCUT2D eigenvalue weighted by molar-refractivity contribution is 0.584. The summed E-state index contributed by atoms with van der Waals surface area (Å²) in [7, 11) is 0. The van der Waals surface area contributed by atoms with Crippen molar-refractivity contribution < 1.29 is 0 Å². The van der Waals surface area contributed by atoms with Gasteiger partial charge in [-0.1, -0.05) is 47.6 Å². The molecule has 0 aliphatic carbocycles. The van der Waals surface area contributed by atoms with E-state index < -0.39 is 0 Å². The Balaban J connectivity index is 3.19. The van der Waals surface area contributed by atoms with Crippen LogP contribution < -0.4 is 0 Å². The maximum atomic E-state index is 2.36. The Bertz CT molecular complexity index is 403. The zero-order valence-electron chi connectivity index (χ0n) is 12.6. The standard InChI is InChI=1S/C16H26S/c1-11-10-14(17-16(6,7)8)12(2)9-13(11)15(3,4)5/h9-10H,1-8H3. The number of aryl methyl sites for hydroxylation is 2. The first-order valence-electron chi connectivity index (χ1n) is 6.31. The van der Waals surface area contributed by atoms with Crippen molar-refractivity contribution in [3.63, 3.8) is 0 Å². The minimum Gasteiger partial charge on any atom is -0.120 e. The van der Waals surface area contributed by atoms with Gasteiger partial charge in [-0.2, -0.15) is 0 Å². The van der Waals surface area contributed by atoms with Gasteiger partial charge >= 0.3 is 0 Å². The quantitative estimate of drug-likeness (QED) is 0.594. The van der Waals surface area contributed by atoms with Crippen molar-refractivity contribution in [2.24, 2.45) is 0 Å². The molecule has 0 atom stereocenters. The zero-order valence-corrected chi connectivity index (χ0v) is 13.4. The zero-order chi connectivity index (χ0) is 13.4. The van der Waals surface area contributed by atoms with Crippen molar-refractivity contribution in [3.8, 4) is 0 Å². The summed E-state index contributed by atoms with van der Waals surface area (Å²) in [6, 6.07) is 4.72. The summed E-state index contributed by atoms with van der Waals surface area (Å²) in [5.74, 6) is 0. The Labute approximate surface area is 111 Å². The van der Waals surface area contributed by atoms with E-state index in [9.17, 15) is 0 Å². The van der Waals surface area contributed by atoms with Crippen molar-refractivity contribution in [1.29, 1.82) is 0 Å². The largest absolute Gasteiger partial charge is 0.120 e. The first-order valence-corrected chi connectivity index (χ1v) is 7.13. The van der Waals surface area contributed by atoms with Crippen LogP contribution in [0.1, 0.15) is 58.2 Å². The average Bonchev–Trinajstić information content (AvgIpc) is 2.06. The molecule has 0 radical (unpaired) electrons. The molecule has 0 saturated heterocycles. The van der Waals surface area contributed by atoms with Crippen LogP contribution in [0.25, 0.3) is 0 Å². The maximum absolute atomic E-state index is 2.36. The highest BCUT2D eigenvalue weighted by Gasteiger charge is 2.19. The number of hydrogen-bond acceptors (Lipinski definition) is 1. The molecule has 0 aliphatic heterocycles. The highest BCUT2D eigenvalue weighted by atomic mass is 32.2. The van der Waals surface area contributed by atoms with Gasteiger partial charge < -0.3 is 0 Å². The molecule has 1 aromatic carbocycles. The van der Waals surface area contributed by atoms with E-state index in [-0.39, 0.29) is 10.2 Å². The predicted octanol–water partition coefficient (Wildman–Crippen LogP) is 5.49. The number of benzene rings is 1. The third-order valence-electron chi connectivity index (χ3n) is 2.75. The van der Waals surface area contributed by atoms with E-state index >= 15 is 0 Å². The van der Waals surface area contributed by atoms with Crippen LogP contribution in [0.15, 0.2) is 17.0 Å². The summed E-state index contributed by atoms with van der Waals surface area (Å²) in [6.45, 7) is 18.1. The molecule has 0 bridgehead atoms. The topological polar surface area (TPSA) is 0 Å². The fraction of sp³-hybridized carbons (Fsp3) is 0.625. The van der Waals surface area contributed by atoms with Crippen LogP contribution in [0, 0.1) is 13.8 Å². The van der Waals surface area contributed by atoms with Gasteiger partial charge in [-0.3, -0.25) is 0 Å². The van der Waals surface area contributed by atoms with E-state index in [1.165, 1.54) is 21.6 Å². The molecule has 0 N–H and O–H groups in total. The molecular formula is C16H26S. The Morgan fingerprint density at radius 3 is 1.76 bits per heavy atom. The third-order valence-corrected chi connectivity index (χ3v) is 4.02. The van der Waals surface area contributed by atoms with Gasteiger partial charge in [0, 0.05) is 9.64 Å². The van der Waals surface area contributed by atoms with E-state index in [4.69, 9.17) is 0 Å². The smallest absolute Gasteiger partial charge is 0.0122 e. The second-order valence-corrected chi connectivity index (χ2v) is 8.77. The predicted molar refractivity (Wildman–Crippen MR) is 80.2 cm³/mol. The van der Waals surface area contributed by atoms with Crippen molar-refractivity contribution in [1.82, 2.24) is 0 Å². The molecule has 0 spiro atoms. The van der Waals surface area contributed by atoms with Crippen LogP contribution in [0.5, 0.6) is 0 Å². The van der Waals surface area contributed by atoms with Crippen molar-refractivity contribution in [2.75, 3.05) is 0 Å². The van der Waals surface area contributed by atoms with Gasteiger partial charge in [-0.05, 0) is 42.0 Å². The normalized spacial score (nSPS) is 12.9. The number of rotatable bonds is 1. The summed E-state index contributed by atoms with van der Waals surface area (Å²) < 4.78 is 0.278. The second kappa shape index (κ2) is 4.68. The molecule has 0 nitrogen and oxygen atoms in total. The maximum Gasteiger partial charge on any atom is 0.0122 e. The van der Waals surface area contributed by atoms with Crippen LogP contribution in [0.2, 0.25) is 0 Å². The molecular weight excluding hydrogens is 224 g/mol.